The molecule has 0 radical (unpaired) electrons. The van der Waals surface area contributed by atoms with Crippen LogP contribution in [0, 0.1) is 5.92 Å². The largest absolute Gasteiger partial charge is 0.314 e. The lowest BCUT2D eigenvalue weighted by Gasteiger charge is -2.25. The SMILES string of the molecule is C1CNC2CCCC(C1)C2. The van der Waals surface area contributed by atoms with Crippen LogP contribution in [-0.2, 0) is 0 Å². The molecule has 2 atom stereocenters. The first-order valence-corrected chi connectivity index (χ1v) is 4.68. The van der Waals surface area contributed by atoms with Crippen molar-refractivity contribution in [2.45, 2.75) is 44.6 Å². The molecule has 1 saturated carbocycles. The Morgan fingerprint density at radius 1 is 1.00 bits per heavy atom. The van der Waals surface area contributed by atoms with E-state index in [1.165, 1.54) is 45.1 Å². The molecular weight excluding hydrogens is 122 g/mol. The molecular formula is C9H17N. The lowest BCUT2D eigenvalue weighted by molar-refractivity contribution is 0.307. The van der Waals surface area contributed by atoms with Gasteiger partial charge in [-0.15, -0.1) is 0 Å². The van der Waals surface area contributed by atoms with Gasteiger partial charge in [0.15, 0.2) is 0 Å². The quantitative estimate of drug-likeness (QED) is 0.540. The van der Waals surface area contributed by atoms with Crippen LogP contribution in [0.2, 0.25) is 0 Å². The second-order valence-electron chi connectivity index (χ2n) is 3.83. The van der Waals surface area contributed by atoms with E-state index in [4.69, 9.17) is 0 Å². The van der Waals surface area contributed by atoms with Gasteiger partial charge in [-0.25, -0.2) is 0 Å². The van der Waals surface area contributed by atoms with Gasteiger partial charge in [0.05, 0.1) is 0 Å². The topological polar surface area (TPSA) is 12.0 Å². The molecule has 1 aliphatic heterocycles. The molecule has 1 nitrogen and oxygen atoms in total. The molecule has 2 unspecified atom stereocenters. The van der Waals surface area contributed by atoms with E-state index in [2.05, 4.69) is 5.32 Å². The van der Waals surface area contributed by atoms with Gasteiger partial charge in [0.2, 0.25) is 0 Å². The van der Waals surface area contributed by atoms with Crippen molar-refractivity contribution in [2.75, 3.05) is 6.54 Å². The number of rotatable bonds is 0. The Kier molecular flexibility index (Phi) is 1.94. The van der Waals surface area contributed by atoms with E-state index in [9.17, 15) is 0 Å². The van der Waals surface area contributed by atoms with Crippen LogP contribution in [0.4, 0.5) is 0 Å². The highest BCUT2D eigenvalue weighted by atomic mass is 14.9. The summed E-state index contributed by atoms with van der Waals surface area (Å²) >= 11 is 0. The third-order valence-corrected chi connectivity index (χ3v) is 3.00. The Morgan fingerprint density at radius 2 is 1.90 bits per heavy atom. The van der Waals surface area contributed by atoms with Gasteiger partial charge in [-0.05, 0) is 38.1 Å². The zero-order valence-corrected chi connectivity index (χ0v) is 6.60. The zero-order valence-electron chi connectivity index (χ0n) is 6.60. The maximum Gasteiger partial charge on any atom is 0.00697 e. The molecule has 0 amide bonds. The molecule has 0 aromatic rings. The first kappa shape index (κ1) is 6.66. The highest BCUT2D eigenvalue weighted by molar-refractivity contribution is 4.80. The summed E-state index contributed by atoms with van der Waals surface area (Å²) in [5.74, 6) is 1.08. The van der Waals surface area contributed by atoms with Crippen molar-refractivity contribution in [1.82, 2.24) is 5.32 Å². The molecule has 1 heterocycles. The van der Waals surface area contributed by atoms with Gasteiger partial charge in [0.25, 0.3) is 0 Å². The molecule has 0 spiro atoms. The van der Waals surface area contributed by atoms with E-state index in [1.807, 2.05) is 0 Å². The molecule has 2 rings (SSSR count). The summed E-state index contributed by atoms with van der Waals surface area (Å²) in [5, 5.41) is 3.61. The lowest BCUT2D eigenvalue weighted by atomic mass is 9.85. The van der Waals surface area contributed by atoms with Crippen LogP contribution < -0.4 is 5.32 Å². The molecule has 2 fully saturated rings. The van der Waals surface area contributed by atoms with E-state index in [-0.39, 0.29) is 0 Å². The van der Waals surface area contributed by atoms with Crippen LogP contribution in [0.25, 0.3) is 0 Å². The molecule has 1 saturated heterocycles. The minimum atomic E-state index is 0.890. The summed E-state index contributed by atoms with van der Waals surface area (Å²) < 4.78 is 0. The second-order valence-corrected chi connectivity index (χ2v) is 3.83. The summed E-state index contributed by atoms with van der Waals surface area (Å²) in [7, 11) is 0. The number of hydrogen-bond acceptors (Lipinski definition) is 1. The van der Waals surface area contributed by atoms with E-state index >= 15 is 0 Å². The van der Waals surface area contributed by atoms with Gasteiger partial charge in [-0.1, -0.05) is 12.8 Å². The van der Waals surface area contributed by atoms with E-state index in [0.717, 1.165) is 12.0 Å². The fourth-order valence-corrected chi connectivity index (χ4v) is 2.44. The maximum absolute atomic E-state index is 3.61. The highest BCUT2D eigenvalue weighted by Gasteiger charge is 2.23. The van der Waals surface area contributed by atoms with Crippen molar-refractivity contribution in [3.8, 4) is 0 Å². The third-order valence-electron chi connectivity index (χ3n) is 3.00. The van der Waals surface area contributed by atoms with Crippen LogP contribution in [0.3, 0.4) is 0 Å². The summed E-state index contributed by atoms with van der Waals surface area (Å²) in [4.78, 5) is 0. The van der Waals surface area contributed by atoms with E-state index < -0.39 is 0 Å². The van der Waals surface area contributed by atoms with Crippen molar-refractivity contribution < 1.29 is 0 Å². The molecule has 0 aromatic carbocycles. The van der Waals surface area contributed by atoms with Crippen LogP contribution in [0.1, 0.15) is 38.5 Å². The van der Waals surface area contributed by atoms with Crippen molar-refractivity contribution in [2.24, 2.45) is 5.92 Å². The van der Waals surface area contributed by atoms with Crippen LogP contribution in [-0.4, -0.2) is 12.6 Å². The standard InChI is InChI=1S/C9H17N/c1-3-8-4-2-6-10-9(5-1)7-8/h8-10H,1-7H2. The Labute approximate surface area is 63.2 Å². The Bertz CT molecular complexity index is 99.3. The van der Waals surface area contributed by atoms with Crippen LogP contribution in [0.15, 0.2) is 0 Å². The Balaban J connectivity index is 1.96. The van der Waals surface area contributed by atoms with Crippen LogP contribution in [0.5, 0.6) is 0 Å². The van der Waals surface area contributed by atoms with E-state index in [1.54, 1.807) is 0 Å². The van der Waals surface area contributed by atoms with Gasteiger partial charge in [-0.3, -0.25) is 0 Å². The normalized spacial score (nSPS) is 40.8. The molecule has 10 heavy (non-hydrogen) atoms. The van der Waals surface area contributed by atoms with Crippen molar-refractivity contribution >= 4 is 0 Å². The average molecular weight is 139 g/mol. The highest BCUT2D eigenvalue weighted by Crippen LogP contribution is 2.29. The predicted octanol–water partition coefficient (Wildman–Crippen LogP) is 1.93. The summed E-state index contributed by atoms with van der Waals surface area (Å²) in [6.45, 7) is 1.28. The van der Waals surface area contributed by atoms with Gasteiger partial charge in [0, 0.05) is 6.04 Å². The number of hydrogen-bond donors (Lipinski definition) is 1. The van der Waals surface area contributed by atoms with Crippen LogP contribution >= 0.6 is 0 Å². The average Bonchev–Trinajstić information content (AvgIpc) is 2.12. The monoisotopic (exact) mass is 139 g/mol. The number of nitrogens with one attached hydrogen (secondary N) is 1. The fraction of sp³-hybridized carbons (Fsp3) is 1.00. The Morgan fingerprint density at radius 3 is 2.90 bits per heavy atom. The van der Waals surface area contributed by atoms with Crippen molar-refractivity contribution in [1.29, 1.82) is 0 Å². The molecule has 2 aliphatic rings. The predicted molar refractivity (Wildman–Crippen MR) is 43.0 cm³/mol. The zero-order chi connectivity index (χ0) is 6.81. The summed E-state index contributed by atoms with van der Waals surface area (Å²) in [6, 6.07) is 0.890. The molecule has 2 bridgehead atoms. The van der Waals surface area contributed by atoms with Gasteiger partial charge >= 0.3 is 0 Å². The summed E-state index contributed by atoms with van der Waals surface area (Å²) in [6.07, 6.45) is 8.81. The molecule has 1 aliphatic carbocycles. The smallest absolute Gasteiger partial charge is 0.00697 e. The summed E-state index contributed by atoms with van der Waals surface area (Å²) in [5.41, 5.74) is 0. The van der Waals surface area contributed by atoms with Gasteiger partial charge < -0.3 is 5.32 Å². The van der Waals surface area contributed by atoms with Gasteiger partial charge in [-0.2, -0.15) is 0 Å². The fourth-order valence-electron chi connectivity index (χ4n) is 2.44. The third kappa shape index (κ3) is 1.34. The minimum absolute atomic E-state index is 0.890. The maximum atomic E-state index is 3.61. The molecule has 0 aromatic heterocycles. The lowest BCUT2D eigenvalue weighted by Crippen LogP contribution is -2.31. The van der Waals surface area contributed by atoms with Crippen molar-refractivity contribution in [3.05, 3.63) is 0 Å². The Hall–Kier alpha value is -0.0400. The second kappa shape index (κ2) is 2.91. The van der Waals surface area contributed by atoms with Gasteiger partial charge in [0.1, 0.15) is 0 Å². The number of fused-ring (bicyclic) bond motifs is 2. The first-order valence-electron chi connectivity index (χ1n) is 4.68. The minimum Gasteiger partial charge on any atom is -0.314 e. The molecule has 1 N–H and O–H groups in total. The molecule has 1 heteroatoms. The van der Waals surface area contributed by atoms with Crippen molar-refractivity contribution in [3.63, 3.8) is 0 Å². The first-order chi connectivity index (χ1) is 4.95. The molecule has 58 valence electrons. The van der Waals surface area contributed by atoms with E-state index in [0.29, 0.717) is 0 Å².